The number of nitrogens with one attached hydrogen (secondary N) is 1. The van der Waals surface area contributed by atoms with E-state index < -0.39 is 29.7 Å². The zero-order valence-corrected chi connectivity index (χ0v) is 18.1. The second-order valence-electron chi connectivity index (χ2n) is 8.21. The van der Waals surface area contributed by atoms with Gasteiger partial charge in [0.25, 0.3) is 0 Å². The van der Waals surface area contributed by atoms with Crippen LogP contribution in [0.4, 0.5) is 34.0 Å². The Kier molecular flexibility index (Phi) is 7.00. The number of likely N-dealkylation sites (tertiary alicyclic amines) is 1. The van der Waals surface area contributed by atoms with Crippen molar-refractivity contribution >= 4 is 17.7 Å². The fourth-order valence-electron chi connectivity index (χ4n) is 4.13. The van der Waals surface area contributed by atoms with Gasteiger partial charge < -0.3 is 25.0 Å². The van der Waals surface area contributed by atoms with E-state index in [2.05, 4.69) is 20.3 Å². The highest BCUT2D eigenvalue weighted by Crippen LogP contribution is 2.33. The lowest BCUT2D eigenvalue weighted by molar-refractivity contribution is -0.137. The normalized spacial score (nSPS) is 19.8. The molecule has 2 saturated heterocycles. The van der Waals surface area contributed by atoms with Gasteiger partial charge in [0.1, 0.15) is 6.33 Å². The molecule has 0 spiro atoms. The van der Waals surface area contributed by atoms with Crippen LogP contribution in [0.1, 0.15) is 30.1 Å². The molecule has 0 aliphatic carbocycles. The molecule has 184 valence electrons. The SMILES string of the molecule is O=C(O)N1CCC(CNc2ncnc(N3CCOCC3c3ccc(C(F)(F)F)cn3)c2F)CC1. The number of anilines is 2. The predicted octanol–water partition coefficient (Wildman–Crippen LogP) is 3.41. The average Bonchev–Trinajstić information content (AvgIpc) is 2.83. The van der Waals surface area contributed by atoms with E-state index in [1.165, 1.54) is 17.3 Å². The molecule has 0 bridgehead atoms. The molecule has 0 aromatic carbocycles. The number of halogens is 4. The predicted molar refractivity (Wildman–Crippen MR) is 113 cm³/mol. The molecular weight excluding hydrogens is 460 g/mol. The summed E-state index contributed by atoms with van der Waals surface area (Å²) in [5.41, 5.74) is -0.557. The van der Waals surface area contributed by atoms with Crippen LogP contribution in [-0.4, -0.2) is 70.4 Å². The van der Waals surface area contributed by atoms with Crippen LogP contribution < -0.4 is 10.2 Å². The summed E-state index contributed by atoms with van der Waals surface area (Å²) in [7, 11) is 0. The number of hydrogen-bond donors (Lipinski definition) is 2. The van der Waals surface area contributed by atoms with Crippen LogP contribution in [0, 0.1) is 11.7 Å². The zero-order chi connectivity index (χ0) is 24.3. The number of nitrogens with zero attached hydrogens (tertiary/aromatic N) is 5. The Balaban J connectivity index is 1.47. The summed E-state index contributed by atoms with van der Waals surface area (Å²) in [4.78, 5) is 26.0. The van der Waals surface area contributed by atoms with E-state index in [9.17, 15) is 18.0 Å². The van der Waals surface area contributed by atoms with E-state index in [0.717, 1.165) is 12.3 Å². The molecule has 1 unspecified atom stereocenters. The van der Waals surface area contributed by atoms with Gasteiger partial charge in [-0.1, -0.05) is 0 Å². The zero-order valence-electron chi connectivity index (χ0n) is 18.1. The van der Waals surface area contributed by atoms with Crippen molar-refractivity contribution in [1.29, 1.82) is 0 Å². The number of pyridine rings is 1. The van der Waals surface area contributed by atoms with Crippen molar-refractivity contribution in [2.75, 3.05) is 49.6 Å². The van der Waals surface area contributed by atoms with Gasteiger partial charge in [0.2, 0.25) is 5.82 Å². The summed E-state index contributed by atoms with van der Waals surface area (Å²) in [5.74, 6) is -0.491. The van der Waals surface area contributed by atoms with E-state index in [4.69, 9.17) is 9.84 Å². The Morgan fingerprint density at radius 3 is 2.59 bits per heavy atom. The smallest absolute Gasteiger partial charge is 0.417 e. The van der Waals surface area contributed by atoms with Gasteiger partial charge in [0.05, 0.1) is 30.5 Å². The molecule has 34 heavy (non-hydrogen) atoms. The summed E-state index contributed by atoms with van der Waals surface area (Å²) >= 11 is 0. The lowest BCUT2D eigenvalue weighted by atomic mass is 9.97. The number of morpholine rings is 1. The third kappa shape index (κ3) is 5.29. The molecule has 2 aromatic heterocycles. The maximum absolute atomic E-state index is 15.4. The molecule has 13 heteroatoms. The molecule has 4 rings (SSSR count). The lowest BCUT2D eigenvalue weighted by Crippen LogP contribution is -2.41. The van der Waals surface area contributed by atoms with Crippen molar-refractivity contribution in [1.82, 2.24) is 19.9 Å². The number of carboxylic acid groups (broad SMARTS) is 1. The fraction of sp³-hybridized carbons (Fsp3) is 0.524. The minimum absolute atomic E-state index is 0.00759. The minimum atomic E-state index is -4.50. The van der Waals surface area contributed by atoms with Crippen molar-refractivity contribution in [3.63, 3.8) is 0 Å². The first kappa shape index (κ1) is 23.9. The third-order valence-corrected chi connectivity index (χ3v) is 6.07. The average molecular weight is 484 g/mol. The molecule has 2 aliphatic heterocycles. The van der Waals surface area contributed by atoms with Gasteiger partial charge in [0, 0.05) is 32.4 Å². The highest BCUT2D eigenvalue weighted by molar-refractivity contribution is 5.65. The van der Waals surface area contributed by atoms with Gasteiger partial charge in [-0.05, 0) is 30.9 Å². The van der Waals surface area contributed by atoms with Gasteiger partial charge in [0.15, 0.2) is 11.6 Å². The van der Waals surface area contributed by atoms with Gasteiger partial charge in [-0.15, -0.1) is 0 Å². The Bertz CT molecular complexity index is 999. The van der Waals surface area contributed by atoms with Crippen molar-refractivity contribution in [3.05, 3.63) is 41.7 Å². The lowest BCUT2D eigenvalue weighted by Gasteiger charge is -2.36. The topological polar surface area (TPSA) is 104 Å². The highest BCUT2D eigenvalue weighted by Gasteiger charge is 2.33. The molecule has 1 atom stereocenters. The van der Waals surface area contributed by atoms with Crippen LogP contribution in [0.3, 0.4) is 0 Å². The largest absolute Gasteiger partial charge is 0.465 e. The summed E-state index contributed by atoms with van der Waals surface area (Å²) < 4.78 is 59.5. The highest BCUT2D eigenvalue weighted by atomic mass is 19.4. The minimum Gasteiger partial charge on any atom is -0.465 e. The summed E-state index contributed by atoms with van der Waals surface area (Å²) in [6.45, 7) is 1.96. The van der Waals surface area contributed by atoms with Gasteiger partial charge in [-0.2, -0.15) is 17.6 Å². The number of amides is 1. The molecule has 2 aliphatic rings. The number of piperidine rings is 1. The molecule has 2 fully saturated rings. The molecule has 2 N–H and O–H groups in total. The Morgan fingerprint density at radius 2 is 1.94 bits per heavy atom. The maximum Gasteiger partial charge on any atom is 0.417 e. The van der Waals surface area contributed by atoms with E-state index in [0.29, 0.717) is 44.8 Å². The number of alkyl halides is 3. The fourth-order valence-corrected chi connectivity index (χ4v) is 4.13. The first-order chi connectivity index (χ1) is 16.2. The van der Waals surface area contributed by atoms with Crippen LogP contribution in [0.25, 0.3) is 0 Å². The molecule has 0 saturated carbocycles. The van der Waals surface area contributed by atoms with E-state index >= 15 is 4.39 Å². The Labute approximate surface area is 192 Å². The van der Waals surface area contributed by atoms with Crippen molar-refractivity contribution in [3.8, 4) is 0 Å². The third-order valence-electron chi connectivity index (χ3n) is 6.07. The second kappa shape index (κ2) is 9.95. The van der Waals surface area contributed by atoms with Crippen LogP contribution in [0.15, 0.2) is 24.7 Å². The second-order valence-corrected chi connectivity index (χ2v) is 8.21. The summed E-state index contributed by atoms with van der Waals surface area (Å²) in [6, 6.07) is 1.58. The molecule has 2 aromatic rings. The monoisotopic (exact) mass is 484 g/mol. The van der Waals surface area contributed by atoms with E-state index in [1.807, 2.05) is 0 Å². The van der Waals surface area contributed by atoms with Crippen LogP contribution >= 0.6 is 0 Å². The van der Waals surface area contributed by atoms with E-state index in [1.54, 1.807) is 4.90 Å². The summed E-state index contributed by atoms with van der Waals surface area (Å²) in [6.07, 6.45) is -2.16. The Hall–Kier alpha value is -3.22. The van der Waals surface area contributed by atoms with Crippen molar-refractivity contribution in [2.24, 2.45) is 5.92 Å². The quantitative estimate of drug-likeness (QED) is 0.623. The van der Waals surface area contributed by atoms with Gasteiger partial charge >= 0.3 is 12.3 Å². The van der Waals surface area contributed by atoms with Crippen molar-refractivity contribution < 1.29 is 32.2 Å². The van der Waals surface area contributed by atoms with Crippen molar-refractivity contribution in [2.45, 2.75) is 25.1 Å². The van der Waals surface area contributed by atoms with Gasteiger partial charge in [-0.25, -0.2) is 14.8 Å². The number of hydrogen-bond acceptors (Lipinski definition) is 7. The standard InChI is InChI=1S/C21H24F4N6O3/c22-17-18(27-9-13-3-5-30(6-4-13)20(32)33)28-12-29-19(17)31-7-8-34-11-16(31)15-2-1-14(10-26-15)21(23,24)25/h1-2,10,12-13,16H,3-9,11H2,(H,32,33)(H,27,28,29). The molecule has 9 nitrogen and oxygen atoms in total. The maximum atomic E-state index is 15.4. The summed E-state index contributed by atoms with van der Waals surface area (Å²) in [5, 5.41) is 12.0. The molecule has 4 heterocycles. The van der Waals surface area contributed by atoms with Gasteiger partial charge in [-0.3, -0.25) is 4.98 Å². The first-order valence-corrected chi connectivity index (χ1v) is 10.8. The molecule has 1 amide bonds. The number of ether oxygens (including phenoxy) is 1. The number of carbonyl (C=O) groups is 1. The van der Waals surface area contributed by atoms with Crippen LogP contribution in [-0.2, 0) is 10.9 Å². The molecular formula is C21H24F4N6O3. The Morgan fingerprint density at radius 1 is 1.18 bits per heavy atom. The number of aromatic nitrogens is 3. The van der Waals surface area contributed by atoms with Crippen LogP contribution in [0.5, 0.6) is 0 Å². The number of rotatable bonds is 5. The van der Waals surface area contributed by atoms with E-state index in [-0.39, 0.29) is 30.7 Å². The van der Waals surface area contributed by atoms with Crippen LogP contribution in [0.2, 0.25) is 0 Å². The molecule has 0 radical (unpaired) electrons. The first-order valence-electron chi connectivity index (χ1n) is 10.8.